The molecule has 6 heteroatoms. The van der Waals surface area contributed by atoms with E-state index in [0.717, 1.165) is 89.9 Å². The Morgan fingerprint density at radius 2 is 0.557 bits per heavy atom. The molecule has 6 nitrogen and oxygen atoms in total. The molecule has 0 aliphatic rings. The summed E-state index contributed by atoms with van der Waals surface area (Å²) < 4.78 is 16.7. The lowest BCUT2D eigenvalue weighted by Crippen LogP contribution is -2.30. The van der Waals surface area contributed by atoms with Gasteiger partial charge in [0.05, 0.1) is 0 Å². The van der Waals surface area contributed by atoms with Gasteiger partial charge >= 0.3 is 17.9 Å². The number of ether oxygens (including phenoxy) is 3. The lowest BCUT2D eigenvalue weighted by atomic mass is 10.0. The number of carbonyl (C=O) groups excluding carboxylic acids is 3. The maximum Gasteiger partial charge on any atom is 0.306 e. The molecular formula is C64H114O6. The minimum Gasteiger partial charge on any atom is -0.462 e. The van der Waals surface area contributed by atoms with E-state index in [2.05, 4.69) is 81.5 Å². The first-order chi connectivity index (χ1) is 34.5. The largest absolute Gasteiger partial charge is 0.462 e. The summed E-state index contributed by atoms with van der Waals surface area (Å²) in [7, 11) is 0. The molecule has 406 valence electrons. The van der Waals surface area contributed by atoms with Gasteiger partial charge in [-0.15, -0.1) is 0 Å². The zero-order chi connectivity index (χ0) is 50.7. The van der Waals surface area contributed by atoms with Crippen molar-refractivity contribution in [3.05, 3.63) is 60.8 Å². The molecule has 0 aromatic heterocycles. The highest BCUT2D eigenvalue weighted by Crippen LogP contribution is 2.17. The van der Waals surface area contributed by atoms with Crippen LogP contribution in [0.3, 0.4) is 0 Å². The SMILES string of the molecule is CC/C=C\C/C=C\C/C=C\C/C=C\C/C=C\CCCCCCCCCCCCCCCCCCCCCC(=O)OCC(COC(=O)CCCCCCCCCC)OC(=O)CCCCCCCCCCC. The van der Waals surface area contributed by atoms with Crippen molar-refractivity contribution < 1.29 is 28.6 Å². The van der Waals surface area contributed by atoms with Gasteiger partial charge in [0.25, 0.3) is 0 Å². The van der Waals surface area contributed by atoms with E-state index in [1.54, 1.807) is 0 Å². The second kappa shape index (κ2) is 58.7. The molecule has 0 heterocycles. The van der Waals surface area contributed by atoms with Gasteiger partial charge in [0.15, 0.2) is 6.10 Å². The molecule has 70 heavy (non-hydrogen) atoms. The van der Waals surface area contributed by atoms with Crippen LogP contribution in [0.1, 0.15) is 310 Å². The third kappa shape index (κ3) is 56.0. The molecule has 0 aliphatic heterocycles. The van der Waals surface area contributed by atoms with Crippen LogP contribution in [0.5, 0.6) is 0 Å². The van der Waals surface area contributed by atoms with Gasteiger partial charge < -0.3 is 14.2 Å². The van der Waals surface area contributed by atoms with Crippen LogP contribution >= 0.6 is 0 Å². The average Bonchev–Trinajstić information content (AvgIpc) is 3.36. The summed E-state index contributed by atoms with van der Waals surface area (Å²) in [6.07, 6.45) is 74.1. The second-order valence-corrected chi connectivity index (χ2v) is 20.2. The van der Waals surface area contributed by atoms with Gasteiger partial charge in [0.1, 0.15) is 13.2 Å². The fraction of sp³-hybridized carbons (Fsp3) is 0.797. The number of carbonyl (C=O) groups is 3. The first kappa shape index (κ1) is 67.1. The summed E-state index contributed by atoms with van der Waals surface area (Å²) >= 11 is 0. The molecule has 0 aromatic rings. The van der Waals surface area contributed by atoms with E-state index in [0.29, 0.717) is 19.3 Å². The summed E-state index contributed by atoms with van der Waals surface area (Å²) in [5, 5.41) is 0. The monoisotopic (exact) mass is 979 g/mol. The summed E-state index contributed by atoms with van der Waals surface area (Å²) in [5.41, 5.74) is 0. The van der Waals surface area contributed by atoms with Crippen LogP contribution in [0, 0.1) is 0 Å². The fourth-order valence-electron chi connectivity index (χ4n) is 8.77. The summed E-state index contributed by atoms with van der Waals surface area (Å²) in [4.78, 5) is 37.8. The van der Waals surface area contributed by atoms with E-state index in [1.165, 1.54) is 180 Å². The zero-order valence-corrected chi connectivity index (χ0v) is 46.5. The number of hydrogen-bond acceptors (Lipinski definition) is 6. The van der Waals surface area contributed by atoms with Gasteiger partial charge in [0.2, 0.25) is 0 Å². The average molecular weight is 980 g/mol. The van der Waals surface area contributed by atoms with Gasteiger partial charge in [-0.25, -0.2) is 0 Å². The minimum atomic E-state index is -0.764. The van der Waals surface area contributed by atoms with E-state index < -0.39 is 6.10 Å². The zero-order valence-electron chi connectivity index (χ0n) is 46.5. The molecule has 0 aromatic carbocycles. The molecule has 0 aliphatic carbocycles. The van der Waals surface area contributed by atoms with Crippen LogP contribution in [0.2, 0.25) is 0 Å². The number of hydrogen-bond donors (Lipinski definition) is 0. The highest BCUT2D eigenvalue weighted by molar-refractivity contribution is 5.71. The highest BCUT2D eigenvalue weighted by atomic mass is 16.6. The van der Waals surface area contributed by atoms with E-state index in [4.69, 9.17) is 14.2 Å². The lowest BCUT2D eigenvalue weighted by molar-refractivity contribution is -0.167. The van der Waals surface area contributed by atoms with E-state index in [9.17, 15) is 14.4 Å². The van der Waals surface area contributed by atoms with Crippen LogP contribution in [0.25, 0.3) is 0 Å². The van der Waals surface area contributed by atoms with Crippen molar-refractivity contribution in [2.75, 3.05) is 13.2 Å². The van der Waals surface area contributed by atoms with Crippen molar-refractivity contribution >= 4 is 17.9 Å². The molecular weight excluding hydrogens is 865 g/mol. The van der Waals surface area contributed by atoms with Gasteiger partial charge in [-0.05, 0) is 64.2 Å². The predicted octanol–water partition coefficient (Wildman–Crippen LogP) is 20.4. The van der Waals surface area contributed by atoms with Crippen LogP contribution in [-0.2, 0) is 28.6 Å². The number of esters is 3. The quantitative estimate of drug-likeness (QED) is 0.0261. The molecule has 0 rings (SSSR count). The van der Waals surface area contributed by atoms with Crippen LogP contribution in [0.4, 0.5) is 0 Å². The van der Waals surface area contributed by atoms with E-state index in [-0.39, 0.29) is 31.1 Å². The van der Waals surface area contributed by atoms with Crippen molar-refractivity contribution in [2.45, 2.75) is 316 Å². The maximum atomic E-state index is 12.7. The van der Waals surface area contributed by atoms with Crippen LogP contribution < -0.4 is 0 Å². The summed E-state index contributed by atoms with van der Waals surface area (Å²) in [5.74, 6) is -0.862. The molecule has 0 saturated carbocycles. The smallest absolute Gasteiger partial charge is 0.306 e. The predicted molar refractivity (Wildman–Crippen MR) is 302 cm³/mol. The van der Waals surface area contributed by atoms with Gasteiger partial charge in [-0.2, -0.15) is 0 Å². The molecule has 0 N–H and O–H groups in total. The Hall–Kier alpha value is -2.89. The topological polar surface area (TPSA) is 78.9 Å². The number of unbranched alkanes of at least 4 members (excludes halogenated alkanes) is 34. The third-order valence-electron chi connectivity index (χ3n) is 13.3. The molecule has 0 spiro atoms. The highest BCUT2D eigenvalue weighted by Gasteiger charge is 2.19. The van der Waals surface area contributed by atoms with Crippen molar-refractivity contribution in [3.8, 4) is 0 Å². The molecule has 0 saturated heterocycles. The fourth-order valence-corrected chi connectivity index (χ4v) is 8.77. The van der Waals surface area contributed by atoms with Gasteiger partial charge in [-0.3, -0.25) is 14.4 Å². The Bertz CT molecular complexity index is 1260. The van der Waals surface area contributed by atoms with E-state index in [1.807, 2.05) is 0 Å². The second-order valence-electron chi connectivity index (χ2n) is 20.2. The van der Waals surface area contributed by atoms with Crippen LogP contribution in [-0.4, -0.2) is 37.2 Å². The van der Waals surface area contributed by atoms with Crippen molar-refractivity contribution in [1.82, 2.24) is 0 Å². The van der Waals surface area contributed by atoms with Crippen LogP contribution in [0.15, 0.2) is 60.8 Å². The maximum absolute atomic E-state index is 12.7. The van der Waals surface area contributed by atoms with Gasteiger partial charge in [0, 0.05) is 19.3 Å². The van der Waals surface area contributed by atoms with E-state index >= 15 is 0 Å². The third-order valence-corrected chi connectivity index (χ3v) is 13.3. The van der Waals surface area contributed by atoms with Crippen molar-refractivity contribution in [2.24, 2.45) is 0 Å². The molecule has 1 unspecified atom stereocenters. The Morgan fingerprint density at radius 3 is 0.871 bits per heavy atom. The molecule has 0 bridgehead atoms. The Balaban J connectivity index is 3.88. The molecule has 1 atom stereocenters. The Labute approximate surface area is 434 Å². The minimum absolute atomic E-state index is 0.0678. The molecule has 0 amide bonds. The Morgan fingerprint density at radius 1 is 0.300 bits per heavy atom. The normalized spacial score (nSPS) is 12.4. The molecule has 0 radical (unpaired) electrons. The van der Waals surface area contributed by atoms with Gasteiger partial charge in [-0.1, -0.05) is 287 Å². The first-order valence-electron chi connectivity index (χ1n) is 30.3. The number of rotatable bonds is 55. The van der Waals surface area contributed by atoms with Crippen molar-refractivity contribution in [1.29, 1.82) is 0 Å². The standard InChI is InChI=1S/C64H114O6/c1-4-7-10-13-16-19-20-21-22-23-24-25-26-27-28-29-30-31-32-33-34-35-36-37-38-39-40-41-42-43-44-46-48-51-54-57-63(66)69-60-61(59-68-62(65)56-53-50-47-18-15-12-9-6-3)70-64(67)58-55-52-49-45-17-14-11-8-5-2/h7,10,16,19,21-22,24-25,27-28,61H,4-6,8-9,11-15,17-18,20,23,26,29-60H2,1-3H3/b10-7-,19-16-,22-21-,25-24-,28-27-. The summed E-state index contributed by atoms with van der Waals surface area (Å²) in [6, 6.07) is 0. The summed E-state index contributed by atoms with van der Waals surface area (Å²) in [6.45, 7) is 6.50. The first-order valence-corrected chi connectivity index (χ1v) is 30.3. The van der Waals surface area contributed by atoms with Crippen molar-refractivity contribution in [3.63, 3.8) is 0 Å². The molecule has 0 fully saturated rings. The number of allylic oxidation sites excluding steroid dienone is 10. The Kier molecular flexibility index (Phi) is 56.3. The lowest BCUT2D eigenvalue weighted by Gasteiger charge is -2.18.